The number of nitrogens with zero attached hydrogens (tertiary/aromatic N) is 1. The molecular formula is C45H81NO2. The van der Waals surface area contributed by atoms with Crippen molar-refractivity contribution in [3.8, 4) is 0 Å². The van der Waals surface area contributed by atoms with Crippen molar-refractivity contribution in [2.24, 2.45) is 0 Å². The maximum atomic E-state index is 6.91. The molecule has 1 saturated carbocycles. The lowest BCUT2D eigenvalue weighted by molar-refractivity contribution is -0.186. The van der Waals surface area contributed by atoms with Crippen LogP contribution in [-0.2, 0) is 9.47 Å². The third kappa shape index (κ3) is 21.1. The van der Waals surface area contributed by atoms with Gasteiger partial charge in [0.15, 0.2) is 5.79 Å². The number of allylic oxidation sites excluding steroid dienone is 8. The predicted octanol–water partition coefficient (Wildman–Crippen LogP) is 14.0. The van der Waals surface area contributed by atoms with Gasteiger partial charge in [-0.25, -0.2) is 0 Å². The van der Waals surface area contributed by atoms with E-state index in [1.165, 1.54) is 148 Å². The Morgan fingerprint density at radius 2 is 0.875 bits per heavy atom. The second kappa shape index (κ2) is 29.6. The first-order valence-electron chi connectivity index (χ1n) is 21.2. The van der Waals surface area contributed by atoms with Crippen LogP contribution in [0.3, 0.4) is 0 Å². The molecule has 0 aromatic rings. The van der Waals surface area contributed by atoms with Gasteiger partial charge in [-0.15, -0.1) is 0 Å². The van der Waals surface area contributed by atoms with E-state index in [1.54, 1.807) is 0 Å². The molecular weight excluding hydrogens is 587 g/mol. The van der Waals surface area contributed by atoms with Gasteiger partial charge in [0.25, 0.3) is 0 Å². The van der Waals surface area contributed by atoms with E-state index in [4.69, 9.17) is 9.47 Å². The number of ether oxygens (including phenoxy) is 2. The van der Waals surface area contributed by atoms with Crippen molar-refractivity contribution in [3.63, 3.8) is 0 Å². The largest absolute Gasteiger partial charge is 0.344 e. The zero-order valence-electron chi connectivity index (χ0n) is 32.6. The highest BCUT2D eigenvalue weighted by molar-refractivity contribution is 4.95. The average Bonchev–Trinajstić information content (AvgIpc) is 3.45. The Morgan fingerprint density at radius 3 is 1.31 bits per heavy atom. The van der Waals surface area contributed by atoms with Crippen LogP contribution in [0.2, 0.25) is 0 Å². The van der Waals surface area contributed by atoms with Gasteiger partial charge in [0.1, 0.15) is 0 Å². The minimum Gasteiger partial charge on any atom is -0.344 e. The van der Waals surface area contributed by atoms with Gasteiger partial charge in [0.05, 0.1) is 12.2 Å². The first kappa shape index (κ1) is 43.0. The van der Waals surface area contributed by atoms with E-state index in [1.807, 2.05) is 0 Å². The van der Waals surface area contributed by atoms with Crippen LogP contribution < -0.4 is 0 Å². The van der Waals surface area contributed by atoms with Crippen molar-refractivity contribution >= 4 is 0 Å². The Bertz CT molecular complexity index is 794. The standard InChI is InChI=1S/C45H81NO2/c1-5-7-9-11-13-15-17-19-21-23-25-27-29-31-33-35-39-45(47-43-38-37-42(46(3)4)41-44(43)48-45)40-36-34-32-30-28-26-24-22-20-18-16-14-12-10-8-6-2/h13-16,19-22,42-44H,5-12,17-18,23-41H2,1-4H3/b15-13-,16-14-,21-19-,22-20-/t42-,43?,44?/m0/s1. The highest BCUT2D eigenvalue weighted by Crippen LogP contribution is 2.43. The summed E-state index contributed by atoms with van der Waals surface area (Å²) in [5.74, 6) is -0.318. The first-order chi connectivity index (χ1) is 23.6. The van der Waals surface area contributed by atoms with Crippen LogP contribution in [0.15, 0.2) is 48.6 Å². The van der Waals surface area contributed by atoms with Crippen molar-refractivity contribution in [3.05, 3.63) is 48.6 Å². The SMILES string of the molecule is CCCCC/C=C\C/C=C\CCCCCCCCC1(CCCCCCCC/C=C\C/C=C\CCCCC)OC2CC[C@H](N(C)C)CC2O1. The molecule has 0 amide bonds. The molecule has 3 atom stereocenters. The minimum atomic E-state index is -0.318. The minimum absolute atomic E-state index is 0.292. The number of hydrogen-bond donors (Lipinski definition) is 0. The van der Waals surface area contributed by atoms with Crippen LogP contribution >= 0.6 is 0 Å². The summed E-state index contributed by atoms with van der Waals surface area (Å²) in [5, 5.41) is 0. The number of rotatable bonds is 31. The molecule has 278 valence electrons. The lowest BCUT2D eigenvalue weighted by Gasteiger charge is -2.33. The van der Waals surface area contributed by atoms with Crippen LogP contribution in [0.1, 0.15) is 200 Å². The van der Waals surface area contributed by atoms with E-state index in [2.05, 4.69) is 81.5 Å². The second-order valence-electron chi connectivity index (χ2n) is 15.3. The van der Waals surface area contributed by atoms with Crippen molar-refractivity contribution < 1.29 is 9.47 Å². The van der Waals surface area contributed by atoms with Gasteiger partial charge < -0.3 is 14.4 Å². The monoisotopic (exact) mass is 668 g/mol. The molecule has 0 aromatic heterocycles. The molecule has 1 heterocycles. The van der Waals surface area contributed by atoms with E-state index in [-0.39, 0.29) is 5.79 Å². The molecule has 2 fully saturated rings. The number of fused-ring (bicyclic) bond motifs is 1. The van der Waals surface area contributed by atoms with E-state index < -0.39 is 0 Å². The fourth-order valence-electron chi connectivity index (χ4n) is 7.51. The van der Waals surface area contributed by atoms with Crippen molar-refractivity contribution in [2.45, 2.75) is 224 Å². The van der Waals surface area contributed by atoms with E-state index >= 15 is 0 Å². The maximum Gasteiger partial charge on any atom is 0.169 e. The molecule has 2 aliphatic rings. The van der Waals surface area contributed by atoms with Gasteiger partial charge in [0.2, 0.25) is 0 Å². The molecule has 0 N–H and O–H groups in total. The van der Waals surface area contributed by atoms with Crippen LogP contribution in [0.5, 0.6) is 0 Å². The molecule has 2 rings (SSSR count). The van der Waals surface area contributed by atoms with E-state index in [0.717, 1.165) is 38.5 Å². The summed E-state index contributed by atoms with van der Waals surface area (Å²) in [4.78, 5) is 2.39. The van der Waals surface area contributed by atoms with Gasteiger partial charge in [0, 0.05) is 18.9 Å². The number of unbranched alkanes of at least 4 members (excludes halogenated alkanes) is 18. The number of hydrogen-bond acceptors (Lipinski definition) is 3. The molecule has 0 spiro atoms. The lowest BCUT2D eigenvalue weighted by atomic mass is 9.90. The van der Waals surface area contributed by atoms with Crippen LogP contribution in [0.25, 0.3) is 0 Å². The predicted molar refractivity (Wildman–Crippen MR) is 212 cm³/mol. The summed E-state index contributed by atoms with van der Waals surface area (Å²) in [6.07, 6.45) is 56.3. The molecule has 1 saturated heterocycles. The topological polar surface area (TPSA) is 21.7 Å². The lowest BCUT2D eigenvalue weighted by Crippen LogP contribution is -2.40. The van der Waals surface area contributed by atoms with Crippen LogP contribution in [-0.4, -0.2) is 43.0 Å². The van der Waals surface area contributed by atoms with Gasteiger partial charge in [-0.2, -0.15) is 0 Å². The fourth-order valence-corrected chi connectivity index (χ4v) is 7.51. The zero-order valence-corrected chi connectivity index (χ0v) is 32.6. The molecule has 0 bridgehead atoms. The molecule has 3 heteroatoms. The molecule has 0 aromatic carbocycles. The van der Waals surface area contributed by atoms with E-state index in [0.29, 0.717) is 18.2 Å². The van der Waals surface area contributed by atoms with Gasteiger partial charge in [-0.1, -0.05) is 140 Å². The molecule has 3 nitrogen and oxygen atoms in total. The van der Waals surface area contributed by atoms with E-state index in [9.17, 15) is 0 Å². The van der Waals surface area contributed by atoms with Crippen LogP contribution in [0, 0.1) is 0 Å². The molecule has 1 aliphatic carbocycles. The Kier molecular flexibility index (Phi) is 26.5. The highest BCUT2D eigenvalue weighted by atomic mass is 16.8. The Hall–Kier alpha value is -1.16. The van der Waals surface area contributed by atoms with Crippen LogP contribution in [0.4, 0.5) is 0 Å². The summed E-state index contributed by atoms with van der Waals surface area (Å²) in [7, 11) is 4.45. The van der Waals surface area contributed by atoms with Crippen molar-refractivity contribution in [1.82, 2.24) is 4.90 Å². The van der Waals surface area contributed by atoms with Crippen molar-refractivity contribution in [2.75, 3.05) is 14.1 Å². The highest BCUT2D eigenvalue weighted by Gasteiger charge is 2.49. The van der Waals surface area contributed by atoms with Gasteiger partial charge >= 0.3 is 0 Å². The third-order valence-electron chi connectivity index (χ3n) is 10.7. The molecule has 48 heavy (non-hydrogen) atoms. The Labute approximate surface area is 300 Å². The maximum absolute atomic E-state index is 6.91. The average molecular weight is 668 g/mol. The normalized spacial score (nSPS) is 21.2. The summed E-state index contributed by atoms with van der Waals surface area (Å²) < 4.78 is 13.8. The Balaban J connectivity index is 1.59. The summed E-state index contributed by atoms with van der Waals surface area (Å²) in [6, 6.07) is 0.634. The second-order valence-corrected chi connectivity index (χ2v) is 15.3. The first-order valence-corrected chi connectivity index (χ1v) is 21.2. The smallest absolute Gasteiger partial charge is 0.169 e. The Morgan fingerprint density at radius 1 is 0.479 bits per heavy atom. The third-order valence-corrected chi connectivity index (χ3v) is 10.7. The summed E-state index contributed by atoms with van der Waals surface area (Å²) in [6.45, 7) is 4.54. The van der Waals surface area contributed by atoms with Crippen molar-refractivity contribution in [1.29, 1.82) is 0 Å². The quantitative estimate of drug-likeness (QED) is 0.0542. The molecule has 1 aliphatic heterocycles. The van der Waals surface area contributed by atoms with Gasteiger partial charge in [-0.05, 0) is 110 Å². The molecule has 0 radical (unpaired) electrons. The zero-order chi connectivity index (χ0) is 34.4. The summed E-state index contributed by atoms with van der Waals surface area (Å²) in [5.41, 5.74) is 0. The molecule has 2 unspecified atom stereocenters. The fraction of sp³-hybridized carbons (Fsp3) is 0.822. The summed E-state index contributed by atoms with van der Waals surface area (Å²) >= 11 is 0. The van der Waals surface area contributed by atoms with Gasteiger partial charge in [-0.3, -0.25) is 0 Å².